The standard InChI is InChI=1S/C22H33N5OS/c1-3-4-5-6-21(28)23-11-12-26-13-15-27(16-14-26)22-24-20(25-29-22)17-19-9-7-18(2)8-10-19/h7-10H,3-6,11-17H2,1-2H3,(H,23,28). The molecule has 29 heavy (non-hydrogen) atoms. The lowest BCUT2D eigenvalue weighted by molar-refractivity contribution is -0.121. The topological polar surface area (TPSA) is 61.4 Å². The van der Waals surface area contributed by atoms with Crippen molar-refractivity contribution in [1.29, 1.82) is 0 Å². The number of nitrogens with one attached hydrogen (secondary N) is 1. The van der Waals surface area contributed by atoms with E-state index in [9.17, 15) is 4.79 Å². The summed E-state index contributed by atoms with van der Waals surface area (Å²) in [5.74, 6) is 1.09. The van der Waals surface area contributed by atoms with Crippen LogP contribution in [0.4, 0.5) is 5.13 Å². The number of amides is 1. The molecule has 0 radical (unpaired) electrons. The number of piperazine rings is 1. The van der Waals surface area contributed by atoms with E-state index in [4.69, 9.17) is 4.98 Å². The van der Waals surface area contributed by atoms with Gasteiger partial charge in [0, 0.05) is 63.6 Å². The van der Waals surface area contributed by atoms with E-state index in [0.717, 1.165) is 75.9 Å². The zero-order chi connectivity index (χ0) is 20.5. The minimum absolute atomic E-state index is 0.187. The second-order valence-electron chi connectivity index (χ2n) is 7.79. The van der Waals surface area contributed by atoms with Crippen molar-refractivity contribution in [1.82, 2.24) is 19.6 Å². The Kier molecular flexibility index (Phi) is 8.43. The highest BCUT2D eigenvalue weighted by atomic mass is 32.1. The van der Waals surface area contributed by atoms with Crippen molar-refractivity contribution in [3.05, 3.63) is 41.2 Å². The first-order chi connectivity index (χ1) is 14.1. The van der Waals surface area contributed by atoms with Crippen LogP contribution in [0.3, 0.4) is 0 Å². The van der Waals surface area contributed by atoms with E-state index in [1.54, 1.807) is 0 Å². The number of nitrogens with zero attached hydrogens (tertiary/aromatic N) is 4. The number of carbonyl (C=O) groups excluding carboxylic acids is 1. The Labute approximate surface area is 178 Å². The van der Waals surface area contributed by atoms with Gasteiger partial charge in [0.25, 0.3) is 0 Å². The lowest BCUT2D eigenvalue weighted by Crippen LogP contribution is -2.48. The number of anilines is 1. The van der Waals surface area contributed by atoms with Gasteiger partial charge in [0.05, 0.1) is 0 Å². The largest absolute Gasteiger partial charge is 0.355 e. The Morgan fingerprint density at radius 3 is 2.62 bits per heavy atom. The summed E-state index contributed by atoms with van der Waals surface area (Å²) in [5, 5.41) is 4.07. The molecule has 2 aromatic rings. The smallest absolute Gasteiger partial charge is 0.220 e. The SMILES string of the molecule is CCCCCC(=O)NCCN1CCN(c2nc(Cc3ccc(C)cc3)ns2)CC1. The molecule has 1 saturated heterocycles. The van der Waals surface area contributed by atoms with Gasteiger partial charge in [-0.3, -0.25) is 9.69 Å². The Balaban J connectivity index is 1.37. The third kappa shape index (κ3) is 7.08. The Hall–Kier alpha value is -1.99. The zero-order valence-electron chi connectivity index (χ0n) is 17.7. The first-order valence-electron chi connectivity index (χ1n) is 10.8. The molecule has 2 heterocycles. The van der Waals surface area contributed by atoms with E-state index < -0.39 is 0 Å². The van der Waals surface area contributed by atoms with Crippen LogP contribution in [0.1, 0.15) is 49.6 Å². The average molecular weight is 416 g/mol. The molecule has 1 aliphatic rings. The van der Waals surface area contributed by atoms with Crippen molar-refractivity contribution >= 4 is 22.6 Å². The van der Waals surface area contributed by atoms with E-state index in [1.807, 2.05) is 0 Å². The molecule has 0 bridgehead atoms. The molecule has 3 rings (SSSR count). The normalized spacial score (nSPS) is 14.9. The van der Waals surface area contributed by atoms with Crippen LogP contribution in [0, 0.1) is 6.92 Å². The molecular weight excluding hydrogens is 382 g/mol. The maximum absolute atomic E-state index is 11.8. The fraction of sp³-hybridized carbons (Fsp3) is 0.591. The molecule has 0 spiro atoms. The predicted octanol–water partition coefficient (Wildman–Crippen LogP) is 3.26. The quantitative estimate of drug-likeness (QED) is 0.604. The summed E-state index contributed by atoms with van der Waals surface area (Å²) in [7, 11) is 0. The van der Waals surface area contributed by atoms with Gasteiger partial charge in [-0.1, -0.05) is 49.6 Å². The van der Waals surface area contributed by atoms with E-state index in [0.29, 0.717) is 6.42 Å². The van der Waals surface area contributed by atoms with Gasteiger partial charge in [-0.2, -0.15) is 4.37 Å². The Morgan fingerprint density at radius 1 is 1.14 bits per heavy atom. The van der Waals surface area contributed by atoms with Gasteiger partial charge in [-0.05, 0) is 18.9 Å². The van der Waals surface area contributed by atoms with E-state index in [1.165, 1.54) is 22.7 Å². The average Bonchev–Trinajstić information content (AvgIpc) is 3.19. The molecule has 158 valence electrons. The van der Waals surface area contributed by atoms with Gasteiger partial charge in [0.15, 0.2) is 0 Å². The number of unbranched alkanes of at least 4 members (excludes halogenated alkanes) is 2. The van der Waals surface area contributed by atoms with Crippen LogP contribution >= 0.6 is 11.5 Å². The monoisotopic (exact) mass is 415 g/mol. The molecular formula is C22H33N5OS. The molecule has 1 aliphatic heterocycles. The van der Waals surface area contributed by atoms with Crippen LogP contribution in [-0.2, 0) is 11.2 Å². The van der Waals surface area contributed by atoms with Crippen molar-refractivity contribution in [2.75, 3.05) is 44.2 Å². The molecule has 1 fully saturated rings. The summed E-state index contributed by atoms with van der Waals surface area (Å²) < 4.78 is 4.56. The first kappa shape index (κ1) is 21.7. The van der Waals surface area contributed by atoms with E-state index in [2.05, 4.69) is 57.6 Å². The highest BCUT2D eigenvalue weighted by Gasteiger charge is 2.20. The van der Waals surface area contributed by atoms with Crippen molar-refractivity contribution < 1.29 is 4.79 Å². The van der Waals surface area contributed by atoms with Gasteiger partial charge in [0.2, 0.25) is 11.0 Å². The molecule has 1 N–H and O–H groups in total. The van der Waals surface area contributed by atoms with Gasteiger partial charge in [-0.25, -0.2) is 4.98 Å². The summed E-state index contributed by atoms with van der Waals surface area (Å²) in [6, 6.07) is 8.57. The van der Waals surface area contributed by atoms with Crippen molar-refractivity contribution in [2.24, 2.45) is 0 Å². The van der Waals surface area contributed by atoms with Crippen molar-refractivity contribution in [3.8, 4) is 0 Å². The van der Waals surface area contributed by atoms with Crippen molar-refractivity contribution in [2.45, 2.75) is 46.0 Å². The molecule has 1 aromatic carbocycles. The zero-order valence-corrected chi connectivity index (χ0v) is 18.5. The van der Waals surface area contributed by atoms with Gasteiger partial charge in [0.1, 0.15) is 5.82 Å². The van der Waals surface area contributed by atoms with Crippen molar-refractivity contribution in [3.63, 3.8) is 0 Å². The minimum atomic E-state index is 0.187. The minimum Gasteiger partial charge on any atom is -0.355 e. The number of hydrogen-bond acceptors (Lipinski definition) is 6. The predicted molar refractivity (Wildman–Crippen MR) is 120 cm³/mol. The first-order valence-corrected chi connectivity index (χ1v) is 11.5. The molecule has 0 atom stereocenters. The second kappa shape index (κ2) is 11.3. The lowest BCUT2D eigenvalue weighted by Gasteiger charge is -2.34. The molecule has 1 aromatic heterocycles. The molecule has 0 aliphatic carbocycles. The summed E-state index contributed by atoms with van der Waals surface area (Å²) in [5.41, 5.74) is 2.52. The van der Waals surface area contributed by atoms with Gasteiger partial charge in [-0.15, -0.1) is 0 Å². The van der Waals surface area contributed by atoms with Crippen LogP contribution in [0.2, 0.25) is 0 Å². The van der Waals surface area contributed by atoms with Crippen LogP contribution in [0.15, 0.2) is 24.3 Å². The van der Waals surface area contributed by atoms with Gasteiger partial charge < -0.3 is 10.2 Å². The molecule has 7 heteroatoms. The number of carbonyl (C=O) groups is 1. The van der Waals surface area contributed by atoms with E-state index >= 15 is 0 Å². The summed E-state index contributed by atoms with van der Waals surface area (Å²) >= 11 is 1.50. The number of hydrogen-bond donors (Lipinski definition) is 1. The maximum atomic E-state index is 11.8. The van der Waals surface area contributed by atoms with E-state index in [-0.39, 0.29) is 5.91 Å². The van der Waals surface area contributed by atoms with Gasteiger partial charge >= 0.3 is 0 Å². The Morgan fingerprint density at radius 2 is 1.90 bits per heavy atom. The van der Waals surface area contributed by atoms with Crippen LogP contribution in [0.5, 0.6) is 0 Å². The third-order valence-corrected chi connectivity index (χ3v) is 6.16. The second-order valence-corrected chi connectivity index (χ2v) is 8.52. The molecule has 0 unspecified atom stereocenters. The summed E-state index contributed by atoms with van der Waals surface area (Å²) in [4.78, 5) is 21.3. The van der Waals surface area contributed by atoms with Crippen LogP contribution in [-0.4, -0.2) is 59.4 Å². The third-order valence-electron chi connectivity index (χ3n) is 5.34. The highest BCUT2D eigenvalue weighted by molar-refractivity contribution is 7.09. The highest BCUT2D eigenvalue weighted by Crippen LogP contribution is 2.20. The Bertz CT molecular complexity index is 753. The summed E-state index contributed by atoms with van der Waals surface area (Å²) in [6.07, 6.45) is 4.72. The molecule has 0 saturated carbocycles. The lowest BCUT2D eigenvalue weighted by atomic mass is 10.1. The van der Waals surface area contributed by atoms with Crippen LogP contribution in [0.25, 0.3) is 0 Å². The fourth-order valence-electron chi connectivity index (χ4n) is 3.47. The number of rotatable bonds is 10. The molecule has 6 nitrogen and oxygen atoms in total. The fourth-order valence-corrected chi connectivity index (χ4v) is 4.21. The number of aryl methyl sites for hydroxylation is 1. The van der Waals surface area contributed by atoms with Crippen LogP contribution < -0.4 is 10.2 Å². The summed E-state index contributed by atoms with van der Waals surface area (Å²) in [6.45, 7) is 9.84. The number of aromatic nitrogens is 2. The molecule has 1 amide bonds. The maximum Gasteiger partial charge on any atom is 0.220 e. The number of benzene rings is 1.